The van der Waals surface area contributed by atoms with E-state index >= 15 is 0 Å². The minimum absolute atomic E-state index is 0.0201. The Morgan fingerprint density at radius 2 is 0.833 bits per heavy atom. The van der Waals surface area contributed by atoms with Crippen LogP contribution in [0.15, 0.2) is 0 Å². The zero-order valence-electron chi connectivity index (χ0n) is 6.69. The Labute approximate surface area is 72.8 Å². The van der Waals surface area contributed by atoms with Crippen molar-refractivity contribution in [2.75, 3.05) is 23.0 Å². The van der Waals surface area contributed by atoms with E-state index < -0.39 is 19.7 Å². The molecule has 0 radical (unpaired) electrons. The Bertz CT molecular complexity index is 282. The minimum Gasteiger partial charge on any atom is -0.229 e. The lowest BCUT2D eigenvalue weighted by Gasteiger charge is -2.09. The molecule has 0 amide bonds. The molecule has 0 aliphatic carbocycles. The number of hydrogen-bond donors (Lipinski definition) is 0. The summed E-state index contributed by atoms with van der Waals surface area (Å²) in [6.07, 6.45) is 0.509. The van der Waals surface area contributed by atoms with Crippen LogP contribution in [0.5, 0.6) is 0 Å². The zero-order valence-corrected chi connectivity index (χ0v) is 8.33. The smallest absolute Gasteiger partial charge is 0.150 e. The summed E-state index contributed by atoms with van der Waals surface area (Å²) in [7, 11) is -5.91. The van der Waals surface area contributed by atoms with E-state index in [1.165, 1.54) is 0 Å². The Hall–Kier alpha value is -0.100. The van der Waals surface area contributed by atoms with Crippen LogP contribution in [0, 0.1) is 0 Å². The van der Waals surface area contributed by atoms with Gasteiger partial charge in [-0.05, 0) is 12.8 Å². The normalized spacial score (nSPS) is 28.7. The molecule has 1 fully saturated rings. The maximum Gasteiger partial charge on any atom is 0.150 e. The highest BCUT2D eigenvalue weighted by Gasteiger charge is 2.19. The Morgan fingerprint density at radius 3 is 1.08 bits per heavy atom. The molecule has 0 aromatic rings. The van der Waals surface area contributed by atoms with Gasteiger partial charge in [0.2, 0.25) is 0 Å². The summed E-state index contributed by atoms with van der Waals surface area (Å²) in [6, 6.07) is 0. The van der Waals surface area contributed by atoms with Crippen LogP contribution in [0.2, 0.25) is 0 Å². The molecule has 0 atom stereocenters. The molecule has 0 bridgehead atoms. The van der Waals surface area contributed by atoms with Crippen LogP contribution in [-0.2, 0) is 19.7 Å². The molecule has 1 heterocycles. The fourth-order valence-corrected chi connectivity index (χ4v) is 4.31. The molecule has 72 valence electrons. The molecule has 6 heteroatoms. The molecular formula is C6H12O4S2. The van der Waals surface area contributed by atoms with Crippen molar-refractivity contribution in [3.05, 3.63) is 0 Å². The van der Waals surface area contributed by atoms with E-state index in [-0.39, 0.29) is 35.9 Å². The van der Waals surface area contributed by atoms with Gasteiger partial charge in [-0.25, -0.2) is 16.8 Å². The standard InChI is InChI=1S/C6H12O4S2/c7-11(8)3-1-4-12(9,10)6-2-5-11/h1-6H2. The van der Waals surface area contributed by atoms with Crippen LogP contribution in [0.3, 0.4) is 0 Å². The number of sulfone groups is 2. The SMILES string of the molecule is O=S1(=O)CCCS(=O)(=O)CCC1. The van der Waals surface area contributed by atoms with E-state index in [2.05, 4.69) is 0 Å². The molecule has 0 unspecified atom stereocenters. The second-order valence-electron chi connectivity index (χ2n) is 3.01. The van der Waals surface area contributed by atoms with Gasteiger partial charge < -0.3 is 0 Å². The molecule has 4 nitrogen and oxygen atoms in total. The highest BCUT2D eigenvalue weighted by atomic mass is 32.2. The summed E-state index contributed by atoms with van der Waals surface area (Å²) >= 11 is 0. The van der Waals surface area contributed by atoms with Crippen LogP contribution in [0.25, 0.3) is 0 Å². The van der Waals surface area contributed by atoms with Gasteiger partial charge in [0.15, 0.2) is 0 Å². The van der Waals surface area contributed by atoms with E-state index in [0.29, 0.717) is 0 Å². The fourth-order valence-electron chi connectivity index (χ4n) is 1.20. The van der Waals surface area contributed by atoms with Crippen LogP contribution < -0.4 is 0 Å². The van der Waals surface area contributed by atoms with Crippen molar-refractivity contribution in [3.63, 3.8) is 0 Å². The predicted octanol–water partition coefficient (Wildman–Crippen LogP) is -0.390. The molecule has 1 aliphatic rings. The van der Waals surface area contributed by atoms with Crippen molar-refractivity contribution in [1.82, 2.24) is 0 Å². The van der Waals surface area contributed by atoms with Gasteiger partial charge in [0.1, 0.15) is 19.7 Å². The third kappa shape index (κ3) is 3.10. The van der Waals surface area contributed by atoms with Gasteiger partial charge in [0, 0.05) is 0 Å². The molecule has 1 aliphatic heterocycles. The lowest BCUT2D eigenvalue weighted by Crippen LogP contribution is -2.22. The summed E-state index contributed by atoms with van der Waals surface area (Å²) in [4.78, 5) is 0. The van der Waals surface area contributed by atoms with Gasteiger partial charge in [0.25, 0.3) is 0 Å². The molecule has 1 rings (SSSR count). The average molecular weight is 212 g/mol. The average Bonchev–Trinajstić information content (AvgIpc) is 1.82. The van der Waals surface area contributed by atoms with Gasteiger partial charge in [-0.1, -0.05) is 0 Å². The van der Waals surface area contributed by atoms with Crippen molar-refractivity contribution < 1.29 is 16.8 Å². The summed E-state index contributed by atoms with van der Waals surface area (Å²) < 4.78 is 44.2. The molecular weight excluding hydrogens is 200 g/mol. The Morgan fingerprint density at radius 1 is 0.583 bits per heavy atom. The maximum atomic E-state index is 11.0. The summed E-state index contributed by atoms with van der Waals surface area (Å²) in [6.45, 7) is 0. The second kappa shape index (κ2) is 3.33. The van der Waals surface area contributed by atoms with Crippen molar-refractivity contribution in [2.45, 2.75) is 12.8 Å². The summed E-state index contributed by atoms with van der Waals surface area (Å²) in [5, 5.41) is 0. The first-order chi connectivity index (χ1) is 5.41. The maximum absolute atomic E-state index is 11.0. The Balaban J connectivity index is 2.69. The first kappa shape index (κ1) is 9.98. The largest absolute Gasteiger partial charge is 0.229 e. The molecule has 0 saturated carbocycles. The van der Waals surface area contributed by atoms with Gasteiger partial charge in [-0.3, -0.25) is 0 Å². The number of hydrogen-bond acceptors (Lipinski definition) is 4. The first-order valence-corrected chi connectivity index (χ1v) is 7.46. The van der Waals surface area contributed by atoms with Crippen LogP contribution in [0.4, 0.5) is 0 Å². The lowest BCUT2D eigenvalue weighted by molar-refractivity contribution is 0.582. The van der Waals surface area contributed by atoms with E-state index in [4.69, 9.17) is 0 Å². The van der Waals surface area contributed by atoms with Crippen LogP contribution in [0.1, 0.15) is 12.8 Å². The summed E-state index contributed by atoms with van der Waals surface area (Å²) in [5.74, 6) is 0.0803. The van der Waals surface area contributed by atoms with E-state index in [9.17, 15) is 16.8 Å². The van der Waals surface area contributed by atoms with E-state index in [1.807, 2.05) is 0 Å². The van der Waals surface area contributed by atoms with Gasteiger partial charge in [-0.15, -0.1) is 0 Å². The van der Waals surface area contributed by atoms with Crippen LogP contribution >= 0.6 is 0 Å². The summed E-state index contributed by atoms with van der Waals surface area (Å²) in [5.41, 5.74) is 0. The topological polar surface area (TPSA) is 68.3 Å². The van der Waals surface area contributed by atoms with Crippen molar-refractivity contribution in [3.8, 4) is 0 Å². The van der Waals surface area contributed by atoms with Crippen molar-refractivity contribution >= 4 is 19.7 Å². The first-order valence-electron chi connectivity index (χ1n) is 3.82. The molecule has 0 aromatic heterocycles. The van der Waals surface area contributed by atoms with E-state index in [1.54, 1.807) is 0 Å². The predicted molar refractivity (Wildman–Crippen MR) is 46.5 cm³/mol. The zero-order chi connectivity index (χ0) is 9.24. The molecule has 12 heavy (non-hydrogen) atoms. The van der Waals surface area contributed by atoms with Crippen molar-refractivity contribution in [2.24, 2.45) is 0 Å². The highest BCUT2D eigenvalue weighted by molar-refractivity contribution is 7.92. The second-order valence-corrected chi connectivity index (χ2v) is 7.62. The molecule has 0 N–H and O–H groups in total. The minimum atomic E-state index is -2.96. The van der Waals surface area contributed by atoms with Crippen LogP contribution in [-0.4, -0.2) is 39.8 Å². The molecule has 0 aromatic carbocycles. The molecule has 0 spiro atoms. The van der Waals surface area contributed by atoms with E-state index in [0.717, 1.165) is 0 Å². The number of rotatable bonds is 0. The monoisotopic (exact) mass is 212 g/mol. The van der Waals surface area contributed by atoms with Gasteiger partial charge in [-0.2, -0.15) is 0 Å². The third-order valence-electron chi connectivity index (χ3n) is 1.82. The molecule has 1 saturated heterocycles. The lowest BCUT2D eigenvalue weighted by atomic mass is 10.5. The Kier molecular flexibility index (Phi) is 2.77. The van der Waals surface area contributed by atoms with Gasteiger partial charge in [0.05, 0.1) is 23.0 Å². The van der Waals surface area contributed by atoms with Gasteiger partial charge >= 0.3 is 0 Å². The van der Waals surface area contributed by atoms with Crippen molar-refractivity contribution in [1.29, 1.82) is 0 Å². The fraction of sp³-hybridized carbons (Fsp3) is 1.00. The third-order valence-corrected chi connectivity index (χ3v) is 5.46. The highest BCUT2D eigenvalue weighted by Crippen LogP contribution is 2.07. The quantitative estimate of drug-likeness (QED) is 0.548.